The van der Waals surface area contributed by atoms with Crippen LogP contribution in [0.4, 0.5) is 11.5 Å². The molecule has 0 N–H and O–H groups in total. The third-order valence-corrected chi connectivity index (χ3v) is 3.32. The van der Waals surface area contributed by atoms with Crippen LogP contribution in [0, 0.1) is 0 Å². The third kappa shape index (κ3) is 6.91. The van der Waals surface area contributed by atoms with Crippen LogP contribution in [0.1, 0.15) is 39.0 Å². The number of azo groups is 2. The molecule has 0 amide bonds. The lowest BCUT2D eigenvalue weighted by Gasteiger charge is -2.04. The van der Waals surface area contributed by atoms with Crippen LogP contribution in [0.3, 0.4) is 0 Å². The first-order valence-electron chi connectivity index (χ1n) is 8.16. The second kappa shape index (κ2) is 10.3. The lowest BCUT2D eigenvalue weighted by molar-refractivity contribution is 0.535. The summed E-state index contributed by atoms with van der Waals surface area (Å²) < 4.78 is 0. The SMILES string of the molecule is CCCCCCC(N=Nc1ccccc1)N=Nc1ccccn1. The van der Waals surface area contributed by atoms with E-state index in [1.807, 2.05) is 48.5 Å². The average Bonchev–Trinajstić information content (AvgIpc) is 2.62. The second-order valence-corrected chi connectivity index (χ2v) is 5.28. The number of hydrogen-bond donors (Lipinski definition) is 0. The first kappa shape index (κ1) is 16.9. The van der Waals surface area contributed by atoms with Gasteiger partial charge in [0.25, 0.3) is 0 Å². The Morgan fingerprint density at radius 3 is 2.39 bits per heavy atom. The van der Waals surface area contributed by atoms with Gasteiger partial charge in [-0.05, 0) is 37.1 Å². The fourth-order valence-electron chi connectivity index (χ4n) is 2.06. The molecular weight excluding hydrogens is 286 g/mol. The van der Waals surface area contributed by atoms with Crippen molar-refractivity contribution in [3.63, 3.8) is 0 Å². The number of rotatable bonds is 9. The molecule has 1 aromatic carbocycles. The van der Waals surface area contributed by atoms with Gasteiger partial charge in [-0.1, -0.05) is 50.5 Å². The topological polar surface area (TPSA) is 62.3 Å². The Bertz CT molecular complexity index is 546. The zero-order valence-corrected chi connectivity index (χ0v) is 13.5. The monoisotopic (exact) mass is 309 g/mol. The van der Waals surface area contributed by atoms with E-state index < -0.39 is 0 Å². The highest BCUT2D eigenvalue weighted by Gasteiger charge is 2.05. The van der Waals surface area contributed by atoms with Gasteiger partial charge >= 0.3 is 0 Å². The van der Waals surface area contributed by atoms with Crippen LogP contribution in [-0.2, 0) is 0 Å². The van der Waals surface area contributed by atoms with Gasteiger partial charge in [0, 0.05) is 6.20 Å². The van der Waals surface area contributed by atoms with Crippen molar-refractivity contribution in [1.82, 2.24) is 4.98 Å². The fraction of sp³-hybridized carbons (Fsp3) is 0.389. The summed E-state index contributed by atoms with van der Waals surface area (Å²) in [7, 11) is 0. The molecular formula is C18H23N5. The van der Waals surface area contributed by atoms with E-state index in [9.17, 15) is 0 Å². The largest absolute Gasteiger partial charge is 0.236 e. The van der Waals surface area contributed by atoms with E-state index >= 15 is 0 Å². The minimum Gasteiger partial charge on any atom is -0.236 e. The molecule has 1 aromatic heterocycles. The lowest BCUT2D eigenvalue weighted by Crippen LogP contribution is -1.98. The van der Waals surface area contributed by atoms with Crippen LogP contribution in [0.25, 0.3) is 0 Å². The minimum absolute atomic E-state index is 0.255. The van der Waals surface area contributed by atoms with Crippen LogP contribution >= 0.6 is 0 Å². The molecule has 120 valence electrons. The maximum absolute atomic E-state index is 4.34. The predicted octanol–water partition coefficient (Wildman–Crippen LogP) is 6.25. The summed E-state index contributed by atoms with van der Waals surface area (Å²) in [4.78, 5) is 4.15. The molecule has 0 aliphatic rings. The van der Waals surface area contributed by atoms with Crippen LogP contribution in [0.15, 0.2) is 75.2 Å². The molecule has 2 rings (SSSR count). The number of nitrogens with zero attached hydrogens (tertiary/aromatic N) is 5. The van der Waals surface area contributed by atoms with Crippen molar-refractivity contribution in [3.05, 3.63) is 54.7 Å². The van der Waals surface area contributed by atoms with Gasteiger partial charge in [-0.3, -0.25) is 0 Å². The fourth-order valence-corrected chi connectivity index (χ4v) is 2.06. The van der Waals surface area contributed by atoms with Gasteiger partial charge in [0.2, 0.25) is 0 Å². The summed E-state index contributed by atoms with van der Waals surface area (Å²) in [5.41, 5.74) is 0.832. The molecule has 23 heavy (non-hydrogen) atoms. The smallest absolute Gasteiger partial charge is 0.181 e. The number of aromatic nitrogens is 1. The Morgan fingerprint density at radius 1 is 0.870 bits per heavy atom. The molecule has 1 atom stereocenters. The molecule has 0 spiro atoms. The lowest BCUT2D eigenvalue weighted by atomic mass is 10.1. The van der Waals surface area contributed by atoms with Crippen molar-refractivity contribution < 1.29 is 0 Å². The Kier molecular flexibility index (Phi) is 7.60. The van der Waals surface area contributed by atoms with Crippen LogP contribution in [-0.4, -0.2) is 11.1 Å². The van der Waals surface area contributed by atoms with E-state index in [-0.39, 0.29) is 6.17 Å². The Hall–Kier alpha value is -2.43. The maximum Gasteiger partial charge on any atom is 0.181 e. The van der Waals surface area contributed by atoms with E-state index in [0.717, 1.165) is 18.5 Å². The van der Waals surface area contributed by atoms with Gasteiger partial charge in [0.05, 0.1) is 5.69 Å². The summed E-state index contributed by atoms with van der Waals surface area (Å²) in [5.74, 6) is 0.598. The van der Waals surface area contributed by atoms with Crippen LogP contribution in [0.5, 0.6) is 0 Å². The van der Waals surface area contributed by atoms with E-state index in [0.29, 0.717) is 5.82 Å². The molecule has 0 aliphatic carbocycles. The van der Waals surface area contributed by atoms with E-state index in [1.54, 1.807) is 6.20 Å². The molecule has 0 saturated carbocycles. The molecule has 0 bridgehead atoms. The molecule has 0 fully saturated rings. The first-order chi connectivity index (χ1) is 11.4. The zero-order chi connectivity index (χ0) is 16.2. The van der Waals surface area contributed by atoms with Crippen molar-refractivity contribution in [3.8, 4) is 0 Å². The van der Waals surface area contributed by atoms with Gasteiger partial charge in [-0.2, -0.15) is 15.3 Å². The van der Waals surface area contributed by atoms with Crippen LogP contribution in [0.2, 0.25) is 0 Å². The Morgan fingerprint density at radius 2 is 1.65 bits per heavy atom. The van der Waals surface area contributed by atoms with Crippen molar-refractivity contribution in [2.24, 2.45) is 20.5 Å². The maximum atomic E-state index is 4.34. The van der Waals surface area contributed by atoms with Crippen LogP contribution < -0.4 is 0 Å². The van der Waals surface area contributed by atoms with Gasteiger partial charge < -0.3 is 0 Å². The van der Waals surface area contributed by atoms with Gasteiger partial charge in [0.15, 0.2) is 12.0 Å². The minimum atomic E-state index is -0.255. The molecule has 5 nitrogen and oxygen atoms in total. The summed E-state index contributed by atoms with van der Waals surface area (Å²) in [6.07, 6.45) is 7.02. The zero-order valence-electron chi connectivity index (χ0n) is 13.5. The normalized spacial score (nSPS) is 12.9. The Labute approximate surface area is 137 Å². The number of benzene rings is 1. The van der Waals surface area contributed by atoms with Crippen molar-refractivity contribution >= 4 is 11.5 Å². The van der Waals surface area contributed by atoms with E-state index in [1.165, 1.54) is 19.3 Å². The van der Waals surface area contributed by atoms with Gasteiger partial charge in [-0.25, -0.2) is 4.98 Å². The Balaban J connectivity index is 1.99. The summed E-state index contributed by atoms with van der Waals surface area (Å²) in [6.45, 7) is 2.20. The molecule has 5 heteroatoms. The van der Waals surface area contributed by atoms with Crippen molar-refractivity contribution in [1.29, 1.82) is 0 Å². The molecule has 0 saturated heterocycles. The summed E-state index contributed by atoms with van der Waals surface area (Å²) >= 11 is 0. The summed E-state index contributed by atoms with van der Waals surface area (Å²) in [6, 6.07) is 15.3. The molecule has 2 aromatic rings. The van der Waals surface area contributed by atoms with E-state index in [2.05, 4.69) is 32.4 Å². The van der Waals surface area contributed by atoms with Gasteiger partial charge in [0.1, 0.15) is 0 Å². The number of unbranched alkanes of at least 4 members (excludes halogenated alkanes) is 3. The highest BCUT2D eigenvalue weighted by Crippen LogP contribution is 2.17. The van der Waals surface area contributed by atoms with Gasteiger partial charge in [-0.15, -0.1) is 5.11 Å². The molecule has 0 radical (unpaired) electrons. The van der Waals surface area contributed by atoms with Crippen molar-refractivity contribution in [2.45, 2.75) is 45.2 Å². The summed E-state index contributed by atoms with van der Waals surface area (Å²) in [5, 5.41) is 17.1. The van der Waals surface area contributed by atoms with E-state index in [4.69, 9.17) is 0 Å². The number of pyridine rings is 1. The molecule has 1 unspecified atom stereocenters. The third-order valence-electron chi connectivity index (χ3n) is 3.32. The quantitative estimate of drug-likeness (QED) is 0.399. The average molecular weight is 309 g/mol. The highest BCUT2D eigenvalue weighted by atomic mass is 15.3. The second-order valence-electron chi connectivity index (χ2n) is 5.28. The standard InChI is InChI=1S/C18H23N5/c1-2-3-4-8-14-18(22-20-16-11-6-5-7-12-16)23-21-17-13-9-10-15-19-17/h5-7,9-13,15,18H,2-4,8,14H2,1H3. The highest BCUT2D eigenvalue weighted by molar-refractivity contribution is 5.34. The molecule has 0 aliphatic heterocycles. The predicted molar refractivity (Wildman–Crippen MR) is 92.3 cm³/mol. The number of hydrogen-bond acceptors (Lipinski definition) is 5. The first-order valence-corrected chi connectivity index (χ1v) is 8.16. The van der Waals surface area contributed by atoms with Crippen molar-refractivity contribution in [2.75, 3.05) is 0 Å². The molecule has 1 heterocycles.